The van der Waals surface area contributed by atoms with E-state index in [1.54, 1.807) is 11.8 Å². The second-order valence-corrected chi connectivity index (χ2v) is 5.36. The maximum atomic E-state index is 10.3. The van der Waals surface area contributed by atoms with Crippen LogP contribution in [0.5, 0.6) is 0 Å². The summed E-state index contributed by atoms with van der Waals surface area (Å²) in [5.74, 6) is 1.16. The molecule has 1 unspecified atom stereocenters. The van der Waals surface area contributed by atoms with Crippen molar-refractivity contribution in [2.75, 3.05) is 5.75 Å². The fourth-order valence-electron chi connectivity index (χ4n) is 1.08. The van der Waals surface area contributed by atoms with Crippen molar-refractivity contribution in [2.24, 2.45) is 5.92 Å². The Morgan fingerprint density at radius 1 is 1.38 bits per heavy atom. The summed E-state index contributed by atoms with van der Waals surface area (Å²) in [6.45, 7) is 6.41. The topological polar surface area (TPSA) is 37.3 Å². The van der Waals surface area contributed by atoms with Crippen molar-refractivity contribution in [3.63, 3.8) is 0 Å². The van der Waals surface area contributed by atoms with Crippen molar-refractivity contribution in [1.29, 1.82) is 0 Å². The lowest BCUT2D eigenvalue weighted by Gasteiger charge is -2.08. The summed E-state index contributed by atoms with van der Waals surface area (Å²) in [5.41, 5.74) is 0. The van der Waals surface area contributed by atoms with Crippen LogP contribution < -0.4 is 0 Å². The summed E-state index contributed by atoms with van der Waals surface area (Å²) in [5, 5.41) is 8.77. The molecule has 0 aliphatic carbocycles. The maximum absolute atomic E-state index is 10.3. The smallest absolute Gasteiger partial charge is 0.304 e. The van der Waals surface area contributed by atoms with E-state index >= 15 is 0 Å². The number of rotatable bonds is 7. The third kappa shape index (κ3) is 9.74. The van der Waals surface area contributed by atoms with Gasteiger partial charge in [0, 0.05) is 5.25 Å². The van der Waals surface area contributed by atoms with Crippen LogP contribution in [0.15, 0.2) is 0 Å². The highest BCUT2D eigenvalue weighted by Gasteiger charge is 2.07. The van der Waals surface area contributed by atoms with Gasteiger partial charge < -0.3 is 5.11 Å². The average Bonchev–Trinajstić information content (AvgIpc) is 1.96. The Hall–Kier alpha value is -0.180. The summed E-state index contributed by atoms with van der Waals surface area (Å²) >= 11 is 1.77. The van der Waals surface area contributed by atoms with E-state index in [0.29, 0.717) is 0 Å². The lowest BCUT2D eigenvalue weighted by molar-refractivity contribution is -0.136. The van der Waals surface area contributed by atoms with Gasteiger partial charge in [0.25, 0.3) is 0 Å². The average molecular weight is 204 g/mol. The van der Waals surface area contributed by atoms with Crippen molar-refractivity contribution in [3.05, 3.63) is 0 Å². The Labute approximate surface area is 85.1 Å². The summed E-state index contributed by atoms with van der Waals surface area (Å²) in [4.78, 5) is 10.3. The van der Waals surface area contributed by atoms with Gasteiger partial charge in [-0.2, -0.15) is 11.8 Å². The third-order valence-electron chi connectivity index (χ3n) is 1.79. The number of carboxylic acid groups (broad SMARTS) is 1. The van der Waals surface area contributed by atoms with E-state index in [1.165, 1.54) is 12.8 Å². The third-order valence-corrected chi connectivity index (χ3v) is 3.05. The molecule has 0 aromatic rings. The molecule has 0 aromatic carbocycles. The van der Waals surface area contributed by atoms with Gasteiger partial charge in [0.1, 0.15) is 0 Å². The Morgan fingerprint density at radius 3 is 2.46 bits per heavy atom. The van der Waals surface area contributed by atoms with Crippen LogP contribution in [0.25, 0.3) is 0 Å². The monoisotopic (exact) mass is 204 g/mol. The molecule has 0 aromatic heterocycles. The number of carboxylic acids is 1. The fourth-order valence-corrected chi connectivity index (χ4v) is 2.08. The Balaban J connectivity index is 3.26. The molecule has 0 spiro atoms. The molecule has 0 saturated heterocycles. The molecule has 1 atom stereocenters. The van der Waals surface area contributed by atoms with E-state index in [-0.39, 0.29) is 11.7 Å². The molecule has 0 rings (SSSR count). The highest BCUT2D eigenvalue weighted by molar-refractivity contribution is 7.99. The van der Waals surface area contributed by atoms with Crippen LogP contribution in [0.1, 0.15) is 40.0 Å². The van der Waals surface area contributed by atoms with Gasteiger partial charge in [-0.1, -0.05) is 27.2 Å². The minimum absolute atomic E-state index is 0.254. The molecule has 0 bridgehead atoms. The first-order valence-electron chi connectivity index (χ1n) is 4.85. The van der Waals surface area contributed by atoms with Gasteiger partial charge in [0.2, 0.25) is 0 Å². The molecule has 0 amide bonds. The Bertz CT molecular complexity index is 146. The van der Waals surface area contributed by atoms with Crippen LogP contribution in [0, 0.1) is 5.92 Å². The zero-order valence-corrected chi connectivity index (χ0v) is 9.56. The Kier molecular flexibility index (Phi) is 7.14. The van der Waals surface area contributed by atoms with Gasteiger partial charge in [-0.15, -0.1) is 0 Å². The maximum Gasteiger partial charge on any atom is 0.304 e. The van der Waals surface area contributed by atoms with E-state index < -0.39 is 5.97 Å². The Morgan fingerprint density at radius 2 is 2.00 bits per heavy atom. The lowest BCUT2D eigenvalue weighted by Crippen LogP contribution is -2.06. The molecule has 0 radical (unpaired) electrons. The van der Waals surface area contributed by atoms with Crippen LogP contribution in [0.3, 0.4) is 0 Å². The zero-order valence-electron chi connectivity index (χ0n) is 8.75. The normalized spacial score (nSPS) is 13.2. The minimum atomic E-state index is -0.691. The van der Waals surface area contributed by atoms with Crippen molar-refractivity contribution >= 4 is 17.7 Å². The zero-order chi connectivity index (χ0) is 10.3. The first-order chi connectivity index (χ1) is 6.02. The first kappa shape index (κ1) is 12.8. The molecular weight excluding hydrogens is 184 g/mol. The molecule has 0 saturated carbocycles. The molecular formula is C10H20O2S. The van der Waals surface area contributed by atoms with E-state index in [2.05, 4.69) is 13.8 Å². The number of carbonyl (C=O) groups is 1. The van der Waals surface area contributed by atoms with Crippen molar-refractivity contribution in [2.45, 2.75) is 45.3 Å². The molecule has 13 heavy (non-hydrogen) atoms. The van der Waals surface area contributed by atoms with Crippen LogP contribution in [0.2, 0.25) is 0 Å². The summed E-state index contributed by atoms with van der Waals surface area (Å²) in [6.07, 6.45) is 2.73. The minimum Gasteiger partial charge on any atom is -0.481 e. The van der Waals surface area contributed by atoms with Gasteiger partial charge in [-0.05, 0) is 18.1 Å². The van der Waals surface area contributed by atoms with Crippen LogP contribution in [-0.4, -0.2) is 22.1 Å². The predicted molar refractivity (Wildman–Crippen MR) is 58.2 cm³/mol. The molecule has 0 fully saturated rings. The summed E-state index contributed by atoms with van der Waals surface area (Å²) < 4.78 is 0. The highest BCUT2D eigenvalue weighted by atomic mass is 32.2. The van der Waals surface area contributed by atoms with Crippen LogP contribution >= 0.6 is 11.8 Å². The van der Waals surface area contributed by atoms with E-state index in [9.17, 15) is 4.79 Å². The van der Waals surface area contributed by atoms with Crippen LogP contribution in [-0.2, 0) is 4.79 Å². The quantitative estimate of drug-likeness (QED) is 0.648. The SMILES string of the molecule is CC(C)CCCSC(C)CC(=O)O. The number of hydrogen-bond acceptors (Lipinski definition) is 2. The van der Waals surface area contributed by atoms with E-state index in [1.807, 2.05) is 6.92 Å². The van der Waals surface area contributed by atoms with Crippen molar-refractivity contribution in [3.8, 4) is 0 Å². The lowest BCUT2D eigenvalue weighted by atomic mass is 10.1. The highest BCUT2D eigenvalue weighted by Crippen LogP contribution is 2.17. The van der Waals surface area contributed by atoms with E-state index in [0.717, 1.165) is 11.7 Å². The predicted octanol–water partition coefficient (Wildman–Crippen LogP) is 3.02. The fraction of sp³-hybridized carbons (Fsp3) is 0.900. The standard InChI is InChI=1S/C10H20O2S/c1-8(2)5-4-6-13-9(3)7-10(11)12/h8-9H,4-7H2,1-3H3,(H,11,12). The molecule has 3 heteroatoms. The summed E-state index contributed by atoms with van der Waals surface area (Å²) in [6, 6.07) is 0. The molecule has 1 N–H and O–H groups in total. The van der Waals surface area contributed by atoms with Gasteiger partial charge in [-0.3, -0.25) is 4.79 Å². The van der Waals surface area contributed by atoms with Crippen molar-refractivity contribution < 1.29 is 9.90 Å². The van der Waals surface area contributed by atoms with Gasteiger partial charge in [0.05, 0.1) is 6.42 Å². The van der Waals surface area contributed by atoms with Crippen molar-refractivity contribution in [1.82, 2.24) is 0 Å². The molecule has 2 nitrogen and oxygen atoms in total. The second-order valence-electron chi connectivity index (χ2n) is 3.82. The van der Waals surface area contributed by atoms with E-state index in [4.69, 9.17) is 5.11 Å². The molecule has 0 heterocycles. The molecule has 78 valence electrons. The van der Waals surface area contributed by atoms with Gasteiger partial charge in [0.15, 0.2) is 0 Å². The largest absolute Gasteiger partial charge is 0.481 e. The van der Waals surface area contributed by atoms with Gasteiger partial charge >= 0.3 is 5.97 Å². The number of aliphatic carboxylic acids is 1. The van der Waals surface area contributed by atoms with Crippen LogP contribution in [0.4, 0.5) is 0 Å². The number of thioether (sulfide) groups is 1. The first-order valence-corrected chi connectivity index (χ1v) is 5.90. The van der Waals surface area contributed by atoms with Gasteiger partial charge in [-0.25, -0.2) is 0 Å². The summed E-state index contributed by atoms with van der Waals surface area (Å²) in [7, 11) is 0. The number of hydrogen-bond donors (Lipinski definition) is 1. The molecule has 0 aliphatic rings. The second kappa shape index (κ2) is 7.25. The molecule has 0 aliphatic heterocycles.